The molecule has 0 saturated carbocycles. The Balaban J connectivity index is 1.46. The number of benzene rings is 4. The highest BCUT2D eigenvalue weighted by Crippen LogP contribution is 2.53. The molecule has 3 N–H and O–H groups in total. The largest absolute Gasteiger partial charge is 0.508 e. The van der Waals surface area contributed by atoms with Gasteiger partial charge in [0.25, 0.3) is 0 Å². The van der Waals surface area contributed by atoms with Crippen LogP contribution in [0.15, 0.2) is 103 Å². The number of methoxy groups -OCH3 is 1. The average molecular weight is 593 g/mol. The van der Waals surface area contributed by atoms with Gasteiger partial charge in [0.1, 0.15) is 17.9 Å². The van der Waals surface area contributed by atoms with E-state index in [1.807, 2.05) is 60.7 Å². The van der Waals surface area contributed by atoms with E-state index >= 15 is 0 Å². The van der Waals surface area contributed by atoms with E-state index in [4.69, 9.17) is 9.47 Å². The van der Waals surface area contributed by atoms with Gasteiger partial charge in [-0.2, -0.15) is 0 Å². The second-order valence-electron chi connectivity index (χ2n) is 11.1. The van der Waals surface area contributed by atoms with Crippen LogP contribution >= 0.6 is 0 Å². The number of aromatic hydroxyl groups is 1. The van der Waals surface area contributed by atoms with Gasteiger partial charge in [-0.05, 0) is 34.9 Å². The highest BCUT2D eigenvalue weighted by atomic mass is 16.5. The summed E-state index contributed by atoms with van der Waals surface area (Å²) in [5, 5.41) is 23.9. The summed E-state index contributed by atoms with van der Waals surface area (Å²) < 4.78 is 11.9. The van der Waals surface area contributed by atoms with Crippen LogP contribution in [0.5, 0.6) is 17.2 Å². The van der Waals surface area contributed by atoms with E-state index in [0.29, 0.717) is 22.6 Å². The normalized spacial score (nSPS) is 22.6. The van der Waals surface area contributed by atoms with Crippen LogP contribution in [-0.2, 0) is 34.0 Å². The standard InChI is InChI=1S/C35H32N2O7/c1-43-27-14-8-13-26(31(27)44-21-24-11-6-3-7-12-24)30-28-29(33(40)37(32(28)39)20-23-9-4-2-5-10-23)35(36-30,34(41)42)19-22-15-17-25(38)18-16-22/h2-18,28-30,36,38H,19-21H2,1H3,(H,41,42). The molecular weight excluding hydrogens is 560 g/mol. The van der Waals surface area contributed by atoms with Crippen molar-refractivity contribution < 1.29 is 34.1 Å². The maximum atomic E-state index is 14.2. The van der Waals surface area contributed by atoms with Gasteiger partial charge in [0.05, 0.1) is 25.5 Å². The van der Waals surface area contributed by atoms with Gasteiger partial charge in [0.2, 0.25) is 11.8 Å². The summed E-state index contributed by atoms with van der Waals surface area (Å²) >= 11 is 0. The number of carbonyl (C=O) groups is 3. The van der Waals surface area contributed by atoms with E-state index in [9.17, 15) is 24.6 Å². The first-order valence-corrected chi connectivity index (χ1v) is 14.3. The fourth-order valence-corrected chi connectivity index (χ4v) is 6.44. The van der Waals surface area contributed by atoms with Crippen LogP contribution in [0.25, 0.3) is 0 Å². The third kappa shape index (κ3) is 5.16. The fourth-order valence-electron chi connectivity index (χ4n) is 6.44. The minimum Gasteiger partial charge on any atom is -0.508 e. The molecule has 0 aromatic heterocycles. The Labute approximate surface area is 254 Å². The molecule has 2 aliphatic rings. The smallest absolute Gasteiger partial charge is 0.325 e. The van der Waals surface area contributed by atoms with Crippen LogP contribution in [-0.4, -0.2) is 45.5 Å². The van der Waals surface area contributed by atoms with Gasteiger partial charge < -0.3 is 19.7 Å². The van der Waals surface area contributed by atoms with E-state index in [0.717, 1.165) is 11.1 Å². The number of fused-ring (bicyclic) bond motifs is 1. The van der Waals surface area contributed by atoms with Gasteiger partial charge in [-0.1, -0.05) is 84.9 Å². The lowest BCUT2D eigenvalue weighted by Crippen LogP contribution is -2.57. The first-order valence-electron chi connectivity index (χ1n) is 14.3. The Morgan fingerprint density at radius 1 is 0.841 bits per heavy atom. The fraction of sp³-hybridized carbons (Fsp3) is 0.229. The number of nitrogens with zero attached hydrogens (tertiary/aromatic N) is 1. The zero-order valence-electron chi connectivity index (χ0n) is 24.1. The first kappa shape index (κ1) is 28.9. The number of hydrogen-bond donors (Lipinski definition) is 3. The zero-order chi connectivity index (χ0) is 30.8. The summed E-state index contributed by atoms with van der Waals surface area (Å²) in [7, 11) is 1.51. The summed E-state index contributed by atoms with van der Waals surface area (Å²) in [6.07, 6.45) is -0.0946. The molecule has 2 heterocycles. The van der Waals surface area contributed by atoms with Crippen LogP contribution in [0.3, 0.4) is 0 Å². The van der Waals surface area contributed by atoms with Crippen LogP contribution in [0, 0.1) is 11.8 Å². The highest BCUT2D eigenvalue weighted by molar-refractivity contribution is 6.09. The molecule has 4 aromatic carbocycles. The number of para-hydroxylation sites is 1. The molecule has 2 aliphatic heterocycles. The monoisotopic (exact) mass is 592 g/mol. The SMILES string of the molecule is COc1cccc(C2NC(Cc3ccc(O)cc3)(C(=O)O)C3C(=O)N(Cc4ccccc4)C(=O)C23)c1OCc1ccccc1. The Morgan fingerprint density at radius 2 is 1.50 bits per heavy atom. The lowest BCUT2D eigenvalue weighted by molar-refractivity contribution is -0.151. The molecule has 44 heavy (non-hydrogen) atoms. The van der Waals surface area contributed by atoms with Gasteiger partial charge in [-0.25, -0.2) is 0 Å². The third-order valence-corrected chi connectivity index (χ3v) is 8.52. The van der Waals surface area contributed by atoms with Crippen molar-refractivity contribution in [1.29, 1.82) is 0 Å². The maximum Gasteiger partial charge on any atom is 0.325 e. The predicted molar refractivity (Wildman–Crippen MR) is 161 cm³/mol. The van der Waals surface area contributed by atoms with Gasteiger partial charge >= 0.3 is 5.97 Å². The Hall–Kier alpha value is -5.15. The zero-order valence-corrected chi connectivity index (χ0v) is 24.1. The number of hydrogen-bond acceptors (Lipinski definition) is 7. The molecular formula is C35H32N2O7. The van der Waals surface area contributed by atoms with Crippen molar-refractivity contribution in [3.8, 4) is 17.2 Å². The van der Waals surface area contributed by atoms with E-state index in [-0.39, 0.29) is 25.3 Å². The molecule has 9 nitrogen and oxygen atoms in total. The quantitative estimate of drug-likeness (QED) is 0.230. The number of rotatable bonds is 10. The number of carbonyl (C=O) groups excluding carboxylic acids is 2. The van der Waals surface area contributed by atoms with Gasteiger partial charge in [-0.3, -0.25) is 24.6 Å². The first-order chi connectivity index (χ1) is 21.3. The van der Waals surface area contributed by atoms with Gasteiger partial charge in [0, 0.05) is 18.0 Å². The number of nitrogens with one attached hydrogen (secondary N) is 1. The number of likely N-dealkylation sites (tertiary alicyclic amines) is 1. The lowest BCUT2D eigenvalue weighted by atomic mass is 9.76. The number of ether oxygens (including phenoxy) is 2. The van der Waals surface area contributed by atoms with Crippen LogP contribution in [0.2, 0.25) is 0 Å². The molecule has 0 radical (unpaired) electrons. The number of imide groups is 1. The van der Waals surface area contributed by atoms with Gasteiger partial charge in [-0.15, -0.1) is 0 Å². The van der Waals surface area contributed by atoms with Crippen LogP contribution in [0.1, 0.15) is 28.3 Å². The predicted octanol–water partition coefficient (Wildman–Crippen LogP) is 4.49. The van der Waals surface area contributed by atoms with E-state index in [1.54, 1.807) is 30.3 Å². The topological polar surface area (TPSA) is 125 Å². The lowest BCUT2D eigenvalue weighted by Gasteiger charge is -2.31. The molecule has 0 spiro atoms. The molecule has 2 saturated heterocycles. The molecule has 4 atom stereocenters. The highest BCUT2D eigenvalue weighted by Gasteiger charge is 2.68. The van der Waals surface area contributed by atoms with Crippen molar-refractivity contribution in [3.05, 3.63) is 125 Å². The van der Waals surface area contributed by atoms with Crippen LogP contribution in [0.4, 0.5) is 0 Å². The molecule has 2 fully saturated rings. The van der Waals surface area contributed by atoms with Gasteiger partial charge in [0.15, 0.2) is 11.5 Å². The molecule has 4 aromatic rings. The second-order valence-corrected chi connectivity index (χ2v) is 11.1. The average Bonchev–Trinajstić information content (AvgIpc) is 3.51. The minimum atomic E-state index is -1.83. The second kappa shape index (κ2) is 11.9. The number of phenols is 1. The van der Waals surface area contributed by atoms with E-state index in [1.165, 1.54) is 24.1 Å². The Kier molecular flexibility index (Phi) is 7.80. The van der Waals surface area contributed by atoms with Crippen molar-refractivity contribution >= 4 is 17.8 Å². The van der Waals surface area contributed by atoms with Crippen molar-refractivity contribution in [1.82, 2.24) is 10.2 Å². The molecule has 224 valence electrons. The Bertz CT molecular complexity index is 1680. The molecule has 0 aliphatic carbocycles. The maximum absolute atomic E-state index is 14.2. The number of carboxylic acid groups (broad SMARTS) is 1. The summed E-state index contributed by atoms with van der Waals surface area (Å²) in [5.41, 5.74) is 0.947. The molecule has 4 unspecified atom stereocenters. The van der Waals surface area contributed by atoms with Crippen molar-refractivity contribution in [2.45, 2.75) is 31.2 Å². The van der Waals surface area contributed by atoms with Crippen molar-refractivity contribution in [3.63, 3.8) is 0 Å². The Morgan fingerprint density at radius 3 is 2.14 bits per heavy atom. The minimum absolute atomic E-state index is 0.0304. The summed E-state index contributed by atoms with van der Waals surface area (Å²) in [6, 6.07) is 29.2. The van der Waals surface area contributed by atoms with Crippen molar-refractivity contribution in [2.24, 2.45) is 11.8 Å². The molecule has 2 amide bonds. The number of amides is 2. The van der Waals surface area contributed by atoms with E-state index < -0.39 is 41.2 Å². The third-order valence-electron chi connectivity index (χ3n) is 8.52. The molecule has 0 bridgehead atoms. The molecule has 9 heteroatoms. The summed E-state index contributed by atoms with van der Waals surface area (Å²) in [4.78, 5) is 42.9. The number of aliphatic carboxylic acids is 1. The van der Waals surface area contributed by atoms with E-state index in [2.05, 4.69) is 5.32 Å². The summed E-state index contributed by atoms with van der Waals surface area (Å²) in [5.74, 6) is -3.66. The summed E-state index contributed by atoms with van der Waals surface area (Å²) in [6.45, 7) is 0.238. The van der Waals surface area contributed by atoms with Crippen molar-refractivity contribution in [2.75, 3.05) is 7.11 Å². The molecule has 6 rings (SSSR count). The number of phenolic OH excluding ortho intramolecular Hbond substituents is 1. The number of carboxylic acids is 1. The van der Waals surface area contributed by atoms with Crippen LogP contribution < -0.4 is 14.8 Å².